The topological polar surface area (TPSA) is 354 Å². The Morgan fingerprint density at radius 3 is 0.240 bits per heavy atom. The van der Waals surface area contributed by atoms with Crippen LogP contribution in [0, 0.1) is 0 Å². The van der Waals surface area contributed by atoms with Gasteiger partial charge < -0.3 is 110 Å². The third-order valence-electron chi connectivity index (χ3n) is 7.02. The molecule has 0 aromatic carbocycles. The van der Waals surface area contributed by atoms with Crippen LogP contribution in [0.15, 0.2) is 210 Å². The molecule has 0 spiro atoms. The van der Waals surface area contributed by atoms with Gasteiger partial charge in [0.1, 0.15) is 0 Å². The maximum absolute atomic E-state index is 7.17. The van der Waals surface area contributed by atoms with Crippen LogP contribution in [-0.4, -0.2) is 89.6 Å². The number of rotatable bonds is 12. The van der Waals surface area contributed by atoms with E-state index < -0.39 is 29.3 Å². The molecular weight excluding hydrogens is 1770 g/mol. The van der Waals surface area contributed by atoms with Gasteiger partial charge >= 0.3 is 29.3 Å². The molecule has 12 heterocycles. The zero-order chi connectivity index (χ0) is 75.7. The summed E-state index contributed by atoms with van der Waals surface area (Å²) in [4.78, 5) is 0. The average Bonchev–Trinajstić information content (AvgIpc) is 4.50. The second kappa shape index (κ2) is 79.5. The van der Waals surface area contributed by atoms with Crippen LogP contribution in [0.2, 0.25) is 0 Å². The van der Waals surface area contributed by atoms with Gasteiger partial charge in [0.25, 0.3) is 0 Å². The molecule has 12 aromatic heterocycles. The van der Waals surface area contributed by atoms with Gasteiger partial charge in [-0.05, 0) is 210 Å². The lowest BCUT2D eigenvalue weighted by molar-refractivity contribution is 0.276. The fourth-order valence-electron chi connectivity index (χ4n) is 3.79. The highest BCUT2D eigenvalue weighted by molar-refractivity contribution is 7.77. The van der Waals surface area contributed by atoms with Crippen molar-refractivity contribution in [2.75, 3.05) is 0 Å². The van der Waals surface area contributed by atoms with E-state index in [-0.39, 0.29) is 0 Å². The van der Waals surface area contributed by atoms with Crippen molar-refractivity contribution in [1.29, 1.82) is 0 Å². The molecule has 552 valence electrons. The first-order valence-electron chi connectivity index (χ1n) is 24.5. The van der Waals surface area contributed by atoms with E-state index in [0.717, 1.165) is 60.8 Å². The van der Waals surface area contributed by atoms with Gasteiger partial charge in [-0.3, -0.25) is 0 Å². The van der Waals surface area contributed by atoms with Crippen LogP contribution in [0.3, 0.4) is 0 Å². The van der Waals surface area contributed by atoms with Crippen LogP contribution in [0.5, 0.6) is 60.8 Å². The van der Waals surface area contributed by atoms with Crippen molar-refractivity contribution in [3.05, 3.63) is 210 Å². The van der Waals surface area contributed by atoms with Crippen LogP contribution in [0.25, 0.3) is 0 Å². The smallest absolute Gasteiger partial charge is 0.418 e. The van der Waals surface area contributed by atoms with Crippen LogP contribution < -0.4 is 50.2 Å². The maximum Gasteiger partial charge on any atom is 0.631 e. The van der Waals surface area contributed by atoms with E-state index in [0.29, 0.717) is 0 Å². The van der Waals surface area contributed by atoms with Gasteiger partial charge in [-0.25, -0.2) is 0 Å². The Morgan fingerprint density at radius 1 is 0.160 bits per heavy atom. The molecule has 0 saturated heterocycles. The van der Waals surface area contributed by atoms with E-state index in [2.05, 4.69) is 205 Å². The number of hydrogen-bond acceptors (Lipinski definition) is 48. The Labute approximate surface area is 693 Å². The summed E-state index contributed by atoms with van der Waals surface area (Å²) in [7, 11) is -8.67. The lowest BCUT2D eigenvalue weighted by Gasteiger charge is -1.83. The summed E-state index contributed by atoms with van der Waals surface area (Å²) in [6.07, 6.45) is 0. The minimum Gasteiger partial charge on any atom is -0.418 e. The number of thiophene rings is 12. The lowest BCUT2D eigenvalue weighted by atomic mass is 10.3. The van der Waals surface area contributed by atoms with Gasteiger partial charge in [-0.2, -0.15) is 0 Å². The average molecular weight is 1830 g/mol. The van der Waals surface area contributed by atoms with Crippen LogP contribution in [-0.2, 0) is 0 Å². The van der Waals surface area contributed by atoms with Gasteiger partial charge in [0.15, 0.2) is 60.8 Å². The van der Waals surface area contributed by atoms with Crippen molar-refractivity contribution in [3.8, 4) is 60.8 Å². The molecular formula is C48H60B4O24S24. The Balaban J connectivity index is -0.000000494. The molecule has 0 amide bonds. The summed E-state index contributed by atoms with van der Waals surface area (Å²) in [6, 6.07) is 45.3. The second-order valence-corrected chi connectivity index (χ2v) is 26.8. The molecule has 52 heteroatoms. The van der Waals surface area contributed by atoms with Crippen molar-refractivity contribution in [3.63, 3.8) is 0 Å². The quantitative estimate of drug-likeness (QED) is 0.0307. The lowest BCUT2D eigenvalue weighted by Crippen LogP contribution is -2.07. The van der Waals surface area contributed by atoms with Gasteiger partial charge in [0, 0.05) is 155 Å². The van der Waals surface area contributed by atoms with E-state index in [1.165, 1.54) is 136 Å². The molecule has 24 nitrogen and oxygen atoms in total. The van der Waals surface area contributed by atoms with E-state index in [4.69, 9.17) is 60.3 Å². The summed E-state index contributed by atoms with van der Waals surface area (Å²) in [5, 5.41) is 119. The summed E-state index contributed by atoms with van der Waals surface area (Å²) in [6.45, 7) is 0. The Bertz CT molecular complexity index is 2460. The van der Waals surface area contributed by atoms with Gasteiger partial charge in [0.05, 0.1) is 0 Å². The molecule has 0 aliphatic rings. The van der Waals surface area contributed by atoms with Crippen molar-refractivity contribution >= 4 is 320 Å². The van der Waals surface area contributed by atoms with E-state index >= 15 is 0 Å². The predicted octanol–water partition coefficient (Wildman–Crippen LogP) is 15.5. The van der Waals surface area contributed by atoms with Crippen molar-refractivity contribution in [2.24, 2.45) is 0 Å². The molecule has 12 aromatic rings. The molecule has 0 bridgehead atoms. The minimum absolute atomic E-state index is 0.836. The summed E-state index contributed by atoms with van der Waals surface area (Å²) in [5.74, 6) is 0. The Kier molecular flexibility index (Phi) is 83.0. The summed E-state index contributed by atoms with van der Waals surface area (Å²) < 4.78 is 54.8. The standard InChI is InChI=1S/12C4H4OS2.4BH3O3/c12*6-5-4-2-1-3-7-4;4*2-1(3)4/h12*1-3,6H;4*2-4H. The largest absolute Gasteiger partial charge is 0.631 e. The molecule has 0 aliphatic heterocycles. The molecule has 0 unspecified atom stereocenters. The van der Waals surface area contributed by atoms with Gasteiger partial charge in [0.2, 0.25) is 0 Å². The summed E-state index contributed by atoms with van der Waals surface area (Å²) in [5.41, 5.74) is 0. The van der Waals surface area contributed by atoms with Gasteiger partial charge in [-0.15, -0.1) is 136 Å². The predicted molar refractivity (Wildman–Crippen MR) is 457 cm³/mol. The van der Waals surface area contributed by atoms with Crippen molar-refractivity contribution in [1.82, 2.24) is 0 Å². The van der Waals surface area contributed by atoms with Crippen LogP contribution in [0.4, 0.5) is 0 Å². The highest BCUT2D eigenvalue weighted by atomic mass is 32.2. The SMILES string of the molecule is OB(O)O.OB(O)O.OB(O)O.OB(O)O.SOc1cccs1.SOc1cccs1.SOc1cccs1.SOc1cccs1.SOc1cccs1.SOc1cccs1.SOc1cccs1.SOc1cccs1.SOc1cccs1.SOc1cccs1.SOc1cccs1.SOc1cccs1. The first-order chi connectivity index (χ1) is 48.1. The zero-order valence-corrected chi connectivity index (χ0v) is 70.2. The van der Waals surface area contributed by atoms with Crippen molar-refractivity contribution in [2.45, 2.75) is 0 Å². The molecule has 12 N–H and O–H groups in total. The normalized spacial score (nSPS) is 8.40. The van der Waals surface area contributed by atoms with Crippen LogP contribution >= 0.6 is 291 Å². The highest BCUT2D eigenvalue weighted by Crippen LogP contribution is 2.25. The van der Waals surface area contributed by atoms with E-state index in [1.807, 2.05) is 210 Å². The fourth-order valence-corrected chi connectivity index (χ4v) is 12.0. The molecule has 100 heavy (non-hydrogen) atoms. The molecule has 0 fully saturated rings. The molecule has 0 saturated carbocycles. The first-order valence-corrected chi connectivity index (χ1v) is 39.4. The number of hydrogen-bond donors (Lipinski definition) is 24. The Hall–Kier alpha value is -2.02. The zero-order valence-electron chi connectivity index (χ0n) is 49.6. The third-order valence-corrected chi connectivity index (χ3v) is 19.8. The first kappa shape index (κ1) is 104. The molecule has 0 radical (unpaired) electrons. The highest BCUT2D eigenvalue weighted by Gasteiger charge is 1.96. The third kappa shape index (κ3) is 77.1. The fraction of sp³-hybridized carbons (Fsp3) is 0. The Morgan fingerprint density at radius 2 is 0.220 bits per heavy atom. The molecule has 0 aliphatic carbocycles. The van der Waals surface area contributed by atoms with E-state index in [1.54, 1.807) is 0 Å². The minimum atomic E-state index is -2.17. The molecule has 0 atom stereocenters. The number of thiol groups is 12. The van der Waals surface area contributed by atoms with E-state index in [9.17, 15) is 0 Å². The van der Waals surface area contributed by atoms with Gasteiger partial charge in [-0.1, -0.05) is 0 Å². The van der Waals surface area contributed by atoms with Crippen LogP contribution in [0.1, 0.15) is 0 Å². The monoisotopic (exact) mass is 1830 g/mol. The maximum atomic E-state index is 7.17. The van der Waals surface area contributed by atoms with Crippen molar-refractivity contribution < 1.29 is 110 Å². The molecule has 12 rings (SSSR count). The second-order valence-electron chi connectivity index (χ2n) is 13.7. The summed E-state index contributed by atoms with van der Waals surface area (Å²) >= 11 is 61.3.